The van der Waals surface area contributed by atoms with Crippen LogP contribution in [0, 0.1) is 0 Å². The van der Waals surface area contributed by atoms with Gasteiger partial charge in [0.15, 0.2) is 0 Å². The molecule has 6 nitrogen and oxygen atoms in total. The summed E-state index contributed by atoms with van der Waals surface area (Å²) < 4.78 is 2.45. The van der Waals surface area contributed by atoms with Crippen LogP contribution in [-0.4, -0.2) is 44.1 Å². The van der Waals surface area contributed by atoms with E-state index in [1.165, 1.54) is 68.6 Å². The lowest BCUT2D eigenvalue weighted by molar-refractivity contribution is 0.224. The Morgan fingerprint density at radius 2 is 1.97 bits per heavy atom. The summed E-state index contributed by atoms with van der Waals surface area (Å²) in [7, 11) is 0. The number of nitrogens with one attached hydrogen (secondary N) is 2. The summed E-state index contributed by atoms with van der Waals surface area (Å²) in [4.78, 5) is 15.0. The Balaban J connectivity index is 1.36. The highest BCUT2D eigenvalue weighted by Gasteiger charge is 2.12. The van der Waals surface area contributed by atoms with Crippen molar-refractivity contribution in [3.8, 4) is 0 Å². The molecule has 0 aliphatic carbocycles. The highest BCUT2D eigenvalue weighted by atomic mass is 15.1. The van der Waals surface area contributed by atoms with Gasteiger partial charge in [0.1, 0.15) is 11.6 Å². The first-order valence-corrected chi connectivity index (χ1v) is 11.7. The van der Waals surface area contributed by atoms with Crippen molar-refractivity contribution in [3.05, 3.63) is 47.8 Å². The topological polar surface area (TPSA) is 61.8 Å². The lowest BCUT2D eigenvalue weighted by atomic mass is 10.1. The molecule has 0 spiro atoms. The second-order valence-corrected chi connectivity index (χ2v) is 8.50. The summed E-state index contributed by atoms with van der Waals surface area (Å²) in [5, 5.41) is 3.47. The molecule has 1 aromatic carbocycles. The van der Waals surface area contributed by atoms with Crippen molar-refractivity contribution in [1.29, 1.82) is 0 Å². The van der Waals surface area contributed by atoms with E-state index in [1.807, 2.05) is 6.20 Å². The fourth-order valence-corrected chi connectivity index (χ4v) is 4.51. The number of benzene rings is 1. The summed E-state index contributed by atoms with van der Waals surface area (Å²) in [6, 6.07) is 6.69. The number of hydrogen-bond acceptors (Lipinski definition) is 4. The SMILES string of the molecule is CCCn1c(CCCCN2CCCCC2)nc2ccc(CNCc3ncc[nH]3)cc21. The van der Waals surface area contributed by atoms with Gasteiger partial charge < -0.3 is 19.8 Å². The molecule has 162 valence electrons. The van der Waals surface area contributed by atoms with Crippen LogP contribution in [0.5, 0.6) is 0 Å². The number of aryl methyl sites for hydroxylation is 2. The van der Waals surface area contributed by atoms with E-state index in [9.17, 15) is 0 Å². The normalized spacial score (nSPS) is 15.2. The Morgan fingerprint density at radius 3 is 2.77 bits per heavy atom. The zero-order chi connectivity index (χ0) is 20.6. The molecule has 0 bridgehead atoms. The van der Waals surface area contributed by atoms with Crippen LogP contribution in [0.1, 0.15) is 62.7 Å². The average Bonchev–Trinajstić information content (AvgIpc) is 3.41. The summed E-state index contributed by atoms with van der Waals surface area (Å²) >= 11 is 0. The molecule has 3 heterocycles. The van der Waals surface area contributed by atoms with Crippen molar-refractivity contribution in [1.82, 2.24) is 29.7 Å². The van der Waals surface area contributed by atoms with Gasteiger partial charge in [0, 0.05) is 31.9 Å². The molecular formula is C24H36N6. The van der Waals surface area contributed by atoms with Crippen molar-refractivity contribution in [2.45, 2.75) is 71.5 Å². The fourth-order valence-electron chi connectivity index (χ4n) is 4.51. The van der Waals surface area contributed by atoms with Gasteiger partial charge in [-0.3, -0.25) is 0 Å². The Hall–Kier alpha value is -2.18. The zero-order valence-corrected chi connectivity index (χ0v) is 18.4. The molecule has 1 fully saturated rings. The van der Waals surface area contributed by atoms with E-state index in [0.29, 0.717) is 0 Å². The van der Waals surface area contributed by atoms with E-state index >= 15 is 0 Å². The number of imidazole rings is 2. The Labute approximate surface area is 180 Å². The quantitative estimate of drug-likeness (QED) is 0.465. The lowest BCUT2D eigenvalue weighted by Gasteiger charge is -2.26. The molecule has 30 heavy (non-hydrogen) atoms. The van der Waals surface area contributed by atoms with E-state index in [2.05, 4.69) is 49.9 Å². The first-order chi connectivity index (χ1) is 14.8. The molecule has 1 aliphatic heterocycles. The minimum atomic E-state index is 0.752. The summed E-state index contributed by atoms with van der Waals surface area (Å²) in [6.45, 7) is 8.72. The third-order valence-electron chi connectivity index (χ3n) is 6.09. The standard InChI is InChI=1S/C24H36N6/c1-2-13-30-22-17-20(18-25-19-23-26-11-12-27-23)9-10-21(22)28-24(30)8-4-7-16-29-14-5-3-6-15-29/h9-12,17,25H,2-8,13-16,18-19H2,1H3,(H,26,27). The fraction of sp³-hybridized carbons (Fsp3) is 0.583. The van der Waals surface area contributed by atoms with E-state index in [4.69, 9.17) is 4.98 Å². The molecule has 2 aromatic heterocycles. The molecule has 1 saturated heterocycles. The van der Waals surface area contributed by atoms with E-state index in [1.54, 1.807) is 6.20 Å². The van der Waals surface area contributed by atoms with Crippen LogP contribution in [0.15, 0.2) is 30.6 Å². The number of unbranched alkanes of at least 4 members (excludes halogenated alkanes) is 1. The molecule has 0 atom stereocenters. The molecule has 0 amide bonds. The number of likely N-dealkylation sites (tertiary alicyclic amines) is 1. The summed E-state index contributed by atoms with van der Waals surface area (Å²) in [5.41, 5.74) is 3.70. The number of aromatic amines is 1. The molecule has 4 rings (SSSR count). The van der Waals surface area contributed by atoms with E-state index in [-0.39, 0.29) is 0 Å². The number of piperidine rings is 1. The van der Waals surface area contributed by atoms with Crippen LogP contribution in [0.4, 0.5) is 0 Å². The van der Waals surface area contributed by atoms with Crippen LogP contribution in [-0.2, 0) is 26.1 Å². The Bertz CT molecular complexity index is 892. The van der Waals surface area contributed by atoms with Crippen molar-refractivity contribution < 1.29 is 0 Å². The second kappa shape index (κ2) is 10.7. The van der Waals surface area contributed by atoms with E-state index in [0.717, 1.165) is 43.8 Å². The zero-order valence-electron chi connectivity index (χ0n) is 18.4. The second-order valence-electron chi connectivity index (χ2n) is 8.50. The van der Waals surface area contributed by atoms with Crippen LogP contribution in [0.25, 0.3) is 11.0 Å². The van der Waals surface area contributed by atoms with E-state index < -0.39 is 0 Å². The molecule has 2 N–H and O–H groups in total. The lowest BCUT2D eigenvalue weighted by Crippen LogP contribution is -2.30. The smallest absolute Gasteiger partial charge is 0.120 e. The third kappa shape index (κ3) is 5.49. The van der Waals surface area contributed by atoms with Crippen molar-refractivity contribution >= 4 is 11.0 Å². The largest absolute Gasteiger partial charge is 0.348 e. The number of nitrogens with zero attached hydrogens (tertiary/aromatic N) is 4. The maximum Gasteiger partial charge on any atom is 0.120 e. The van der Waals surface area contributed by atoms with Gasteiger partial charge in [-0.15, -0.1) is 0 Å². The van der Waals surface area contributed by atoms with Gasteiger partial charge in [-0.2, -0.15) is 0 Å². The number of aromatic nitrogens is 4. The minimum absolute atomic E-state index is 0.752. The molecule has 0 radical (unpaired) electrons. The maximum absolute atomic E-state index is 4.99. The minimum Gasteiger partial charge on any atom is -0.348 e. The molecule has 6 heteroatoms. The van der Waals surface area contributed by atoms with Gasteiger partial charge in [-0.1, -0.05) is 19.4 Å². The van der Waals surface area contributed by atoms with Crippen molar-refractivity contribution in [2.24, 2.45) is 0 Å². The molecule has 0 unspecified atom stereocenters. The monoisotopic (exact) mass is 408 g/mol. The summed E-state index contributed by atoms with van der Waals surface area (Å²) in [6.07, 6.45) is 12.5. The maximum atomic E-state index is 4.99. The number of fused-ring (bicyclic) bond motifs is 1. The average molecular weight is 409 g/mol. The predicted molar refractivity (Wildman–Crippen MR) is 122 cm³/mol. The molecule has 3 aromatic rings. The third-order valence-corrected chi connectivity index (χ3v) is 6.09. The molecule has 0 saturated carbocycles. The highest BCUT2D eigenvalue weighted by Crippen LogP contribution is 2.20. The van der Waals surface area contributed by atoms with Gasteiger partial charge in [0.25, 0.3) is 0 Å². The first kappa shape index (κ1) is 21.1. The van der Waals surface area contributed by atoms with Gasteiger partial charge in [-0.05, 0) is 69.4 Å². The van der Waals surface area contributed by atoms with Crippen LogP contribution < -0.4 is 5.32 Å². The number of rotatable bonds is 11. The van der Waals surface area contributed by atoms with Gasteiger partial charge in [-0.25, -0.2) is 9.97 Å². The van der Waals surface area contributed by atoms with Crippen LogP contribution in [0.3, 0.4) is 0 Å². The van der Waals surface area contributed by atoms with Gasteiger partial charge >= 0.3 is 0 Å². The van der Waals surface area contributed by atoms with Gasteiger partial charge in [0.05, 0.1) is 17.6 Å². The highest BCUT2D eigenvalue weighted by molar-refractivity contribution is 5.77. The Morgan fingerprint density at radius 1 is 1.07 bits per heavy atom. The first-order valence-electron chi connectivity index (χ1n) is 11.7. The van der Waals surface area contributed by atoms with Crippen LogP contribution >= 0.6 is 0 Å². The van der Waals surface area contributed by atoms with Crippen molar-refractivity contribution in [2.75, 3.05) is 19.6 Å². The molecular weight excluding hydrogens is 372 g/mol. The van der Waals surface area contributed by atoms with Gasteiger partial charge in [0.2, 0.25) is 0 Å². The number of hydrogen-bond donors (Lipinski definition) is 2. The van der Waals surface area contributed by atoms with Crippen LogP contribution in [0.2, 0.25) is 0 Å². The summed E-state index contributed by atoms with van der Waals surface area (Å²) in [5.74, 6) is 2.23. The van der Waals surface area contributed by atoms with Crippen molar-refractivity contribution in [3.63, 3.8) is 0 Å². The number of H-pyrrole nitrogens is 1. The molecule has 1 aliphatic rings. The Kier molecular flexibility index (Phi) is 7.54. The predicted octanol–water partition coefficient (Wildman–Crippen LogP) is 4.27.